The van der Waals surface area contributed by atoms with Crippen molar-refractivity contribution in [3.05, 3.63) is 508 Å². The summed E-state index contributed by atoms with van der Waals surface area (Å²) in [6.07, 6.45) is 0. The number of nitrogens with zero attached hydrogens (tertiary/aromatic N) is 6. The van der Waals surface area contributed by atoms with Gasteiger partial charge in [-0.15, -0.1) is 0 Å². The van der Waals surface area contributed by atoms with Gasteiger partial charge in [0.2, 0.25) is 0 Å². The average Bonchev–Trinajstić information content (AvgIpc) is 1.62. The second-order valence-corrected chi connectivity index (χ2v) is 34.5. The van der Waals surface area contributed by atoms with Crippen molar-refractivity contribution in [1.82, 2.24) is 24.1 Å². The second kappa shape index (κ2) is 32.9. The predicted molar refractivity (Wildman–Crippen MR) is 560 cm³/mol. The predicted octanol–water partition coefficient (Wildman–Crippen LogP) is 33.6. The van der Waals surface area contributed by atoms with Gasteiger partial charge in [0.25, 0.3) is 0 Å². The lowest BCUT2D eigenvalue weighted by atomic mass is 9.83. The van der Waals surface area contributed by atoms with Crippen molar-refractivity contribution < 1.29 is 0 Å². The summed E-state index contributed by atoms with van der Waals surface area (Å²) in [4.78, 5) is 20.6. The minimum Gasteiger partial charge on any atom is -0.292 e. The highest BCUT2D eigenvalue weighted by molar-refractivity contribution is 6.25. The highest BCUT2D eigenvalue weighted by Gasteiger charge is 2.31. The van der Waals surface area contributed by atoms with Crippen molar-refractivity contribution in [3.63, 3.8) is 0 Å². The summed E-state index contributed by atoms with van der Waals surface area (Å²) < 4.78 is 4.51. The number of pyridine rings is 1. The van der Waals surface area contributed by atoms with E-state index in [1.807, 2.05) is 12.1 Å². The fourth-order valence-corrected chi connectivity index (χ4v) is 20.8. The van der Waals surface area contributed by atoms with Gasteiger partial charge >= 0.3 is 0 Å². The molecular weight excluding hydrogens is 1610 g/mol. The Bertz CT molecular complexity index is 8900. The van der Waals surface area contributed by atoms with E-state index in [0.29, 0.717) is 0 Å². The summed E-state index contributed by atoms with van der Waals surface area (Å²) in [7, 11) is 0. The van der Waals surface area contributed by atoms with E-state index >= 15 is 0 Å². The molecule has 6 heteroatoms. The van der Waals surface area contributed by atoms with Crippen LogP contribution in [0.3, 0.4) is 0 Å². The maximum atomic E-state index is 5.34. The van der Waals surface area contributed by atoms with Crippen LogP contribution in [0.1, 0.15) is 22.6 Å². The molecule has 1 unspecified atom stereocenters. The first-order valence-electron chi connectivity index (χ1n) is 45.6. The number of imidazole rings is 2. The Labute approximate surface area is 768 Å². The molecule has 23 aromatic carbocycles. The van der Waals surface area contributed by atoms with Gasteiger partial charge in [-0.2, -0.15) is 0 Å². The van der Waals surface area contributed by atoms with Crippen molar-refractivity contribution in [3.8, 4) is 89.8 Å². The number of benzene rings is 23. The van der Waals surface area contributed by atoms with Crippen molar-refractivity contribution in [1.29, 1.82) is 0 Å². The summed E-state index contributed by atoms with van der Waals surface area (Å²) in [6, 6.07) is 176. The minimum absolute atomic E-state index is 0.0985. The first-order chi connectivity index (χ1) is 66.0. The van der Waals surface area contributed by atoms with Crippen molar-refractivity contribution in [2.24, 2.45) is 4.99 Å². The summed E-state index contributed by atoms with van der Waals surface area (Å²) in [5, 5.41) is 22.2. The monoisotopic (exact) mass is 1690 g/mol. The van der Waals surface area contributed by atoms with Crippen LogP contribution in [0.25, 0.3) is 220 Å². The molecule has 0 fully saturated rings. The average molecular weight is 1690 g/mol. The van der Waals surface area contributed by atoms with Gasteiger partial charge in [-0.25, -0.2) is 15.0 Å². The zero-order valence-electron chi connectivity index (χ0n) is 72.5. The zero-order valence-corrected chi connectivity index (χ0v) is 72.5. The third kappa shape index (κ3) is 13.7. The van der Waals surface area contributed by atoms with Crippen molar-refractivity contribution in [2.75, 3.05) is 0 Å². The van der Waals surface area contributed by atoms with Crippen molar-refractivity contribution >= 4 is 141 Å². The molecule has 27 rings (SSSR count). The number of fused-ring (bicyclic) bond motifs is 15. The molecule has 6 nitrogen and oxygen atoms in total. The molecule has 0 aliphatic carbocycles. The topological polar surface area (TPSA) is 60.9 Å². The molecule has 3 aromatic heterocycles. The van der Waals surface area contributed by atoms with E-state index in [1.54, 1.807) is 0 Å². The fourth-order valence-electron chi connectivity index (χ4n) is 20.8. The molecule has 0 amide bonds. The van der Waals surface area contributed by atoms with E-state index in [-0.39, 0.29) is 5.92 Å². The van der Waals surface area contributed by atoms with E-state index in [1.165, 1.54) is 153 Å². The maximum Gasteiger partial charge on any atom is 0.145 e. The Morgan fingerprint density at radius 3 is 0.910 bits per heavy atom. The van der Waals surface area contributed by atoms with Gasteiger partial charge in [0.15, 0.2) is 0 Å². The molecule has 1 aliphatic rings. The molecule has 133 heavy (non-hydrogen) atoms. The standard InChI is InChI=1S/C44H29N.C43H28N2.C40H25N3/c1-2-13-32(14-3-1)44-43(39-20-10-11-21-40(39)45-44)31-25-23-30(24-26-31)41-35-16-6-8-18-37(35)42(38-19-9-7-17-36(38)41)34-27-22-29-12-4-5-15-33(29)28-34;1-2-14-34(15-3-1)45-40-21-11-10-20-39(40)44-43(45)31-25-23-30(24-26-31)41-35-16-6-8-18-37(35)42(38-19-9-7-17-36(38)41)33-27-22-29-12-4-5-13-32(29)28-33;1-2-12-30(13-3-1)43-36-17-9-8-16-35(36)41-40(43)29-20-18-28(19-21-29)37-33-24-22-26-10-4-6-14-31(26)38(33)42-39-32-15-7-5-11-27(32)23-25-34(37)39/h1-28,43H;1-28H;1-25H. The van der Waals surface area contributed by atoms with Crippen LogP contribution in [-0.2, 0) is 0 Å². The molecule has 0 radical (unpaired) electrons. The van der Waals surface area contributed by atoms with Gasteiger partial charge in [-0.3, -0.25) is 14.1 Å². The number of aromatic nitrogens is 5. The van der Waals surface area contributed by atoms with Gasteiger partial charge in [0.1, 0.15) is 11.6 Å². The highest BCUT2D eigenvalue weighted by Crippen LogP contribution is 2.50. The Morgan fingerprint density at radius 1 is 0.188 bits per heavy atom. The van der Waals surface area contributed by atoms with Crippen LogP contribution in [0, 0.1) is 0 Å². The van der Waals surface area contributed by atoms with E-state index in [2.05, 4.69) is 488 Å². The second-order valence-electron chi connectivity index (χ2n) is 34.5. The summed E-state index contributed by atoms with van der Waals surface area (Å²) in [6.45, 7) is 0. The number of hydrogen-bond donors (Lipinski definition) is 0. The molecule has 0 bridgehead atoms. The maximum absolute atomic E-state index is 5.34. The Kier molecular flexibility index (Phi) is 19.2. The SMILES string of the molecule is c1ccc(-n2c(-c3ccc(-c4c5ccc6ccccc6c5nc5c4ccc4ccccc45)cc3)nc3ccccc32)cc1.c1ccc(-n2c(-c3ccc(-c4c5ccccc5c(-c5ccc6ccccc6c5)c5ccccc45)cc3)nc3ccccc32)cc1.c1ccc(C2=Nc3ccccc3C2c2ccc(-c3c4ccccc4c(-c4ccc5ccccc5c4)c4ccccc34)cc2)cc1. The van der Waals surface area contributed by atoms with Crippen LogP contribution in [-0.4, -0.2) is 29.8 Å². The Balaban J connectivity index is 0.000000107. The van der Waals surface area contributed by atoms with Crippen LogP contribution < -0.4 is 0 Å². The van der Waals surface area contributed by atoms with E-state index in [0.717, 1.165) is 95.0 Å². The lowest BCUT2D eigenvalue weighted by molar-refractivity contribution is 1.10. The van der Waals surface area contributed by atoms with Crippen LogP contribution in [0.4, 0.5) is 5.69 Å². The summed E-state index contributed by atoms with van der Waals surface area (Å²) >= 11 is 0. The van der Waals surface area contributed by atoms with Gasteiger partial charge in [-0.05, 0) is 209 Å². The molecule has 26 aromatic rings. The van der Waals surface area contributed by atoms with E-state index in [9.17, 15) is 0 Å². The van der Waals surface area contributed by atoms with Crippen LogP contribution in [0.2, 0.25) is 0 Å². The third-order valence-electron chi connectivity index (χ3n) is 26.9. The fraction of sp³-hybridized carbons (Fsp3) is 0.00787. The van der Waals surface area contributed by atoms with Gasteiger partial charge in [0.05, 0.1) is 50.4 Å². The first kappa shape index (κ1) is 77.7. The smallest absolute Gasteiger partial charge is 0.145 e. The first-order valence-corrected chi connectivity index (χ1v) is 45.6. The largest absolute Gasteiger partial charge is 0.292 e. The number of aliphatic imine (C=N–C) groups is 1. The molecule has 0 saturated carbocycles. The zero-order chi connectivity index (χ0) is 87.8. The van der Waals surface area contributed by atoms with Crippen molar-refractivity contribution in [2.45, 2.75) is 5.92 Å². The van der Waals surface area contributed by atoms with Crippen LogP contribution in [0.15, 0.2) is 496 Å². The molecule has 1 atom stereocenters. The Hall–Kier alpha value is -17.6. The quantitative estimate of drug-likeness (QED) is 0.0958. The Morgan fingerprint density at radius 2 is 0.489 bits per heavy atom. The molecule has 0 N–H and O–H groups in total. The normalized spacial score (nSPS) is 12.5. The van der Waals surface area contributed by atoms with Gasteiger partial charge in [0, 0.05) is 49.6 Å². The molecule has 4 heterocycles. The summed E-state index contributed by atoms with van der Waals surface area (Å²) in [5.74, 6) is 1.97. The summed E-state index contributed by atoms with van der Waals surface area (Å²) in [5.41, 5.74) is 28.8. The van der Waals surface area contributed by atoms with Gasteiger partial charge < -0.3 is 0 Å². The minimum atomic E-state index is 0.0985. The molecule has 1 aliphatic heterocycles. The number of para-hydroxylation sites is 7. The highest BCUT2D eigenvalue weighted by atomic mass is 15.1. The number of rotatable bonds is 11. The molecule has 0 spiro atoms. The van der Waals surface area contributed by atoms with Crippen LogP contribution >= 0.6 is 0 Å². The van der Waals surface area contributed by atoms with E-state index < -0.39 is 0 Å². The number of hydrogen-bond acceptors (Lipinski definition) is 4. The van der Waals surface area contributed by atoms with Gasteiger partial charge in [-0.1, -0.05) is 425 Å². The van der Waals surface area contributed by atoms with E-state index in [4.69, 9.17) is 19.9 Å². The third-order valence-corrected chi connectivity index (χ3v) is 26.9. The van der Waals surface area contributed by atoms with Crippen LogP contribution in [0.5, 0.6) is 0 Å². The lowest BCUT2D eigenvalue weighted by Crippen LogP contribution is -2.11. The lowest BCUT2D eigenvalue weighted by Gasteiger charge is -2.19. The molecular formula is C127H82N6. The molecule has 620 valence electrons. The molecule has 0 saturated heterocycles.